The third kappa shape index (κ3) is 2.93. The minimum atomic E-state index is 0.933. The molecule has 0 amide bonds. The quantitative estimate of drug-likeness (QED) is 0.209. The summed E-state index contributed by atoms with van der Waals surface area (Å²) in [5.41, 5.74) is 5.86. The molecule has 0 fully saturated rings. The molecule has 0 saturated carbocycles. The molecule has 10 aromatic rings. The summed E-state index contributed by atoms with van der Waals surface area (Å²) >= 11 is 1.84. The standard InChI is InChI=1S/C37H22N4S/c1-2-12-25(13-3-1)40-31-16-8-6-14-27(31)29-20-33-30(21-32(29)40)36-28-15-7-9-17-34(28)42-37(36)41(33)35-19-26-18-23-10-4-5-11-24(23)22-39(26)38-35/h1-22H. The van der Waals surface area contributed by atoms with E-state index in [0.29, 0.717) is 0 Å². The first-order valence-electron chi connectivity index (χ1n) is 14.1. The number of hydrogen-bond donors (Lipinski definition) is 0. The summed E-state index contributed by atoms with van der Waals surface area (Å²) in [7, 11) is 0. The molecule has 10 rings (SSSR count). The molecule has 0 saturated heterocycles. The summed E-state index contributed by atoms with van der Waals surface area (Å²) in [5, 5.41) is 13.9. The molecule has 0 radical (unpaired) electrons. The Bertz CT molecular complexity index is 2630. The molecule has 0 aliphatic heterocycles. The van der Waals surface area contributed by atoms with Gasteiger partial charge in [-0.15, -0.1) is 16.4 Å². The molecule has 0 spiro atoms. The van der Waals surface area contributed by atoms with Crippen LogP contribution in [0, 0.1) is 0 Å². The average molecular weight is 555 g/mol. The van der Waals surface area contributed by atoms with Crippen LogP contribution in [0.4, 0.5) is 0 Å². The first-order chi connectivity index (χ1) is 20.8. The summed E-state index contributed by atoms with van der Waals surface area (Å²) in [4.78, 5) is 1.22. The van der Waals surface area contributed by atoms with Crippen molar-refractivity contribution in [3.63, 3.8) is 0 Å². The van der Waals surface area contributed by atoms with E-state index in [2.05, 4.69) is 143 Å². The highest BCUT2D eigenvalue weighted by atomic mass is 32.1. The Morgan fingerprint density at radius 3 is 2.14 bits per heavy atom. The summed E-state index contributed by atoms with van der Waals surface area (Å²) in [5.74, 6) is 0.933. The van der Waals surface area contributed by atoms with Crippen LogP contribution in [0.5, 0.6) is 0 Å². The highest BCUT2D eigenvalue weighted by Crippen LogP contribution is 2.45. The Morgan fingerprint density at radius 2 is 1.24 bits per heavy atom. The molecule has 0 unspecified atom stereocenters. The van der Waals surface area contributed by atoms with E-state index >= 15 is 0 Å². The van der Waals surface area contributed by atoms with Gasteiger partial charge >= 0.3 is 0 Å². The van der Waals surface area contributed by atoms with Crippen molar-refractivity contribution in [3.05, 3.63) is 134 Å². The molecule has 42 heavy (non-hydrogen) atoms. The van der Waals surface area contributed by atoms with E-state index in [1.54, 1.807) is 0 Å². The van der Waals surface area contributed by atoms with Gasteiger partial charge in [-0.25, -0.2) is 4.52 Å². The van der Waals surface area contributed by atoms with Crippen LogP contribution in [-0.4, -0.2) is 18.7 Å². The van der Waals surface area contributed by atoms with Gasteiger partial charge < -0.3 is 4.57 Å². The van der Waals surface area contributed by atoms with Gasteiger partial charge in [0.2, 0.25) is 0 Å². The third-order valence-corrected chi connectivity index (χ3v) is 9.79. The summed E-state index contributed by atoms with van der Waals surface area (Å²) in [6.45, 7) is 0. The number of nitrogens with zero attached hydrogens (tertiary/aromatic N) is 4. The summed E-state index contributed by atoms with van der Waals surface area (Å²) < 4.78 is 8.08. The Kier molecular flexibility index (Phi) is 4.30. The maximum Gasteiger partial charge on any atom is 0.161 e. The van der Waals surface area contributed by atoms with Crippen molar-refractivity contribution in [2.45, 2.75) is 0 Å². The number of fused-ring (bicyclic) bond motifs is 10. The van der Waals surface area contributed by atoms with Crippen molar-refractivity contribution in [2.75, 3.05) is 0 Å². The molecule has 196 valence electrons. The second-order valence-corrected chi connectivity index (χ2v) is 12.0. The minimum Gasteiger partial charge on any atom is -0.309 e. The number of pyridine rings is 1. The molecular weight excluding hydrogens is 533 g/mol. The monoisotopic (exact) mass is 554 g/mol. The zero-order valence-electron chi connectivity index (χ0n) is 22.4. The first-order valence-corrected chi connectivity index (χ1v) is 15.0. The van der Waals surface area contributed by atoms with Crippen LogP contribution in [0.2, 0.25) is 0 Å². The molecule has 0 aliphatic carbocycles. The van der Waals surface area contributed by atoms with Crippen LogP contribution in [-0.2, 0) is 0 Å². The smallest absolute Gasteiger partial charge is 0.161 e. The number of hydrogen-bond acceptors (Lipinski definition) is 2. The van der Waals surface area contributed by atoms with Gasteiger partial charge in [0, 0.05) is 55.0 Å². The highest BCUT2D eigenvalue weighted by molar-refractivity contribution is 7.25. The van der Waals surface area contributed by atoms with E-state index in [0.717, 1.165) is 11.3 Å². The Morgan fingerprint density at radius 1 is 0.524 bits per heavy atom. The van der Waals surface area contributed by atoms with Crippen molar-refractivity contribution in [3.8, 4) is 11.5 Å². The van der Waals surface area contributed by atoms with Crippen LogP contribution >= 0.6 is 11.3 Å². The molecule has 5 aromatic carbocycles. The zero-order valence-corrected chi connectivity index (χ0v) is 23.2. The molecule has 5 aromatic heterocycles. The predicted molar refractivity (Wildman–Crippen MR) is 177 cm³/mol. The third-order valence-electron chi connectivity index (χ3n) is 8.64. The Labute approximate surface area is 243 Å². The van der Waals surface area contributed by atoms with Gasteiger partial charge in [-0.05, 0) is 47.9 Å². The number of rotatable bonds is 2. The molecule has 0 bridgehead atoms. The molecule has 0 N–H and O–H groups in total. The lowest BCUT2D eigenvalue weighted by Gasteiger charge is -2.08. The Balaban J connectivity index is 1.38. The topological polar surface area (TPSA) is 27.2 Å². The second kappa shape index (κ2) is 8.09. The minimum absolute atomic E-state index is 0.933. The van der Waals surface area contributed by atoms with E-state index in [1.807, 2.05) is 15.9 Å². The predicted octanol–water partition coefficient (Wildman–Crippen LogP) is 9.90. The summed E-state index contributed by atoms with van der Waals surface area (Å²) in [6.07, 6.45) is 2.13. The molecule has 0 atom stereocenters. The second-order valence-electron chi connectivity index (χ2n) is 11.0. The van der Waals surface area contributed by atoms with Crippen LogP contribution < -0.4 is 0 Å². The molecule has 0 aliphatic rings. The molecule has 5 heterocycles. The van der Waals surface area contributed by atoms with Crippen molar-refractivity contribution in [1.82, 2.24) is 18.7 Å². The van der Waals surface area contributed by atoms with Crippen molar-refractivity contribution < 1.29 is 0 Å². The lowest BCUT2D eigenvalue weighted by Crippen LogP contribution is -1.95. The van der Waals surface area contributed by atoms with Gasteiger partial charge in [-0.1, -0.05) is 78.9 Å². The fourth-order valence-corrected chi connectivity index (χ4v) is 8.04. The highest BCUT2D eigenvalue weighted by Gasteiger charge is 2.22. The molecular formula is C37H22N4S. The van der Waals surface area contributed by atoms with Crippen LogP contribution in [0.15, 0.2) is 134 Å². The van der Waals surface area contributed by atoms with Crippen molar-refractivity contribution in [2.24, 2.45) is 0 Å². The number of thiophene rings is 1. The maximum absolute atomic E-state index is 5.15. The van der Waals surface area contributed by atoms with Crippen molar-refractivity contribution >= 4 is 80.6 Å². The van der Waals surface area contributed by atoms with Gasteiger partial charge in [-0.2, -0.15) is 0 Å². The van der Waals surface area contributed by atoms with Gasteiger partial charge in [0.25, 0.3) is 0 Å². The number of para-hydroxylation sites is 2. The van der Waals surface area contributed by atoms with E-state index in [-0.39, 0.29) is 0 Å². The largest absolute Gasteiger partial charge is 0.309 e. The van der Waals surface area contributed by atoms with Gasteiger partial charge in [0.15, 0.2) is 5.82 Å². The van der Waals surface area contributed by atoms with E-state index in [9.17, 15) is 0 Å². The normalized spacial score (nSPS) is 12.3. The fourth-order valence-electron chi connectivity index (χ4n) is 6.80. The average Bonchev–Trinajstić information content (AvgIpc) is 3.77. The van der Waals surface area contributed by atoms with Gasteiger partial charge in [0.05, 0.1) is 22.1 Å². The molecule has 4 nitrogen and oxygen atoms in total. The Hall–Kier alpha value is -5.39. The van der Waals surface area contributed by atoms with E-state index in [1.165, 1.54) is 69.5 Å². The number of benzene rings is 5. The zero-order chi connectivity index (χ0) is 27.4. The van der Waals surface area contributed by atoms with Crippen LogP contribution in [0.25, 0.3) is 80.8 Å². The van der Waals surface area contributed by atoms with E-state index < -0.39 is 0 Å². The van der Waals surface area contributed by atoms with E-state index in [4.69, 9.17) is 5.10 Å². The molecule has 5 heteroatoms. The van der Waals surface area contributed by atoms with Gasteiger partial charge in [0.1, 0.15) is 4.83 Å². The summed E-state index contributed by atoms with van der Waals surface area (Å²) in [6, 6.07) is 45.9. The maximum atomic E-state index is 5.15. The van der Waals surface area contributed by atoms with Crippen LogP contribution in [0.3, 0.4) is 0 Å². The SMILES string of the molecule is c1ccc(-n2c3ccccc3c3cc4c(cc32)c2c3ccccc3sc2n4-c2cc3cc4ccccc4cn3n2)cc1. The number of aromatic nitrogens is 4. The van der Waals surface area contributed by atoms with Gasteiger partial charge in [-0.3, -0.25) is 4.57 Å². The lowest BCUT2D eigenvalue weighted by atomic mass is 10.1. The van der Waals surface area contributed by atoms with Crippen molar-refractivity contribution in [1.29, 1.82) is 0 Å². The fraction of sp³-hybridized carbons (Fsp3) is 0. The first kappa shape index (κ1) is 22.3. The lowest BCUT2D eigenvalue weighted by molar-refractivity contribution is 0.929. The van der Waals surface area contributed by atoms with Crippen LogP contribution in [0.1, 0.15) is 0 Å².